The van der Waals surface area contributed by atoms with E-state index in [4.69, 9.17) is 0 Å². The second-order valence-electron chi connectivity index (χ2n) is 11.6. The minimum absolute atomic E-state index is 0.0138. The second-order valence-corrected chi connectivity index (χ2v) is 11.6. The number of likely N-dealkylation sites (tertiary alicyclic amines) is 1. The molecule has 0 amide bonds. The minimum atomic E-state index is -5.11. The molecule has 0 spiro atoms. The summed E-state index contributed by atoms with van der Waals surface area (Å²) in [5, 5.41) is 21.0. The van der Waals surface area contributed by atoms with Crippen molar-refractivity contribution < 1.29 is 49.4 Å². The molecule has 2 aromatic carbocycles. The first-order valence-corrected chi connectivity index (χ1v) is 14.2. The number of aromatic nitrogens is 4. The lowest BCUT2D eigenvalue weighted by Crippen LogP contribution is -2.41. The first-order valence-electron chi connectivity index (χ1n) is 14.2. The molecule has 46 heavy (non-hydrogen) atoms. The maximum absolute atomic E-state index is 13.9. The Morgan fingerprint density at radius 1 is 0.891 bits per heavy atom. The number of rotatable bonds is 9. The van der Waals surface area contributed by atoms with Crippen molar-refractivity contribution in [2.75, 3.05) is 18.0 Å². The predicted octanol–water partition coefficient (Wildman–Crippen LogP) is 6.97. The Bertz CT molecular complexity index is 1490. The van der Waals surface area contributed by atoms with E-state index in [-0.39, 0.29) is 23.5 Å². The van der Waals surface area contributed by atoms with E-state index in [0.29, 0.717) is 43.6 Å². The van der Waals surface area contributed by atoms with Gasteiger partial charge in [0.25, 0.3) is 5.95 Å². The molecule has 0 aliphatic carbocycles. The summed E-state index contributed by atoms with van der Waals surface area (Å²) in [4.78, 5) is 15.6. The zero-order valence-electron chi connectivity index (χ0n) is 24.9. The molecular weight excluding hydrogens is 635 g/mol. The van der Waals surface area contributed by atoms with E-state index in [0.717, 1.165) is 21.8 Å². The van der Waals surface area contributed by atoms with Gasteiger partial charge in [-0.2, -0.15) is 44.3 Å². The van der Waals surface area contributed by atoms with Gasteiger partial charge < -0.3 is 10.0 Å². The third-order valence-corrected chi connectivity index (χ3v) is 7.86. The summed E-state index contributed by atoms with van der Waals surface area (Å²) >= 11 is 0. The van der Waals surface area contributed by atoms with Crippen LogP contribution in [0.1, 0.15) is 66.1 Å². The number of anilines is 1. The molecule has 0 radical (unpaired) electrons. The third kappa shape index (κ3) is 8.27. The molecule has 1 aliphatic rings. The SMILES string of the molecule is CC(C)[C@H](c1ccc(C(F)(F)F)cc1CN(Cc1cc(C(F)(F)F)cc(C(F)(F)F)c1)c1nnn(C)n1)N1CCC(C(=O)O)CC1. The number of aliphatic carboxylic acids is 1. The Hall–Kier alpha value is -3.89. The molecule has 1 fully saturated rings. The lowest BCUT2D eigenvalue weighted by atomic mass is 9.86. The lowest BCUT2D eigenvalue weighted by molar-refractivity contribution is -0.144. The Kier molecular flexibility index (Phi) is 9.94. The summed E-state index contributed by atoms with van der Waals surface area (Å²) in [5.74, 6) is -1.92. The van der Waals surface area contributed by atoms with E-state index < -0.39 is 71.8 Å². The van der Waals surface area contributed by atoms with Crippen LogP contribution < -0.4 is 4.90 Å². The van der Waals surface area contributed by atoms with Crippen LogP contribution >= 0.6 is 0 Å². The van der Waals surface area contributed by atoms with Gasteiger partial charge >= 0.3 is 24.5 Å². The van der Waals surface area contributed by atoms with Gasteiger partial charge in [-0.15, -0.1) is 5.10 Å². The molecule has 4 rings (SSSR count). The quantitative estimate of drug-likeness (QED) is 0.247. The number of alkyl halides is 9. The zero-order chi connectivity index (χ0) is 34.2. The van der Waals surface area contributed by atoms with Crippen molar-refractivity contribution in [2.45, 2.75) is 64.3 Å². The molecular formula is C29H31F9N6O2. The van der Waals surface area contributed by atoms with Gasteiger partial charge in [-0.3, -0.25) is 9.69 Å². The van der Waals surface area contributed by atoms with Crippen molar-refractivity contribution in [3.8, 4) is 0 Å². The van der Waals surface area contributed by atoms with Gasteiger partial charge in [-0.1, -0.05) is 25.0 Å². The number of piperidine rings is 1. The summed E-state index contributed by atoms with van der Waals surface area (Å²) < 4.78 is 123. The highest BCUT2D eigenvalue weighted by Crippen LogP contribution is 2.40. The smallest absolute Gasteiger partial charge is 0.416 e. The van der Waals surface area contributed by atoms with E-state index in [2.05, 4.69) is 15.4 Å². The van der Waals surface area contributed by atoms with Gasteiger partial charge in [0.1, 0.15) is 0 Å². The van der Waals surface area contributed by atoms with Crippen LogP contribution in [0.15, 0.2) is 36.4 Å². The van der Waals surface area contributed by atoms with Crippen LogP contribution in [0.2, 0.25) is 0 Å². The Morgan fingerprint density at radius 3 is 1.91 bits per heavy atom. The molecule has 1 N–H and O–H groups in total. The largest absolute Gasteiger partial charge is 0.481 e. The molecule has 1 aromatic heterocycles. The van der Waals surface area contributed by atoms with Gasteiger partial charge in [0, 0.05) is 19.1 Å². The Morgan fingerprint density at radius 2 is 1.46 bits per heavy atom. The molecule has 1 saturated heterocycles. The molecule has 8 nitrogen and oxygen atoms in total. The fourth-order valence-corrected chi connectivity index (χ4v) is 5.74. The van der Waals surface area contributed by atoms with Crippen molar-refractivity contribution in [3.63, 3.8) is 0 Å². The van der Waals surface area contributed by atoms with E-state index in [9.17, 15) is 49.4 Å². The lowest BCUT2D eigenvalue weighted by Gasteiger charge is -2.40. The first-order chi connectivity index (χ1) is 21.2. The second kappa shape index (κ2) is 13.1. The van der Waals surface area contributed by atoms with Crippen molar-refractivity contribution in [1.29, 1.82) is 0 Å². The van der Waals surface area contributed by atoms with Crippen LogP contribution in [0.5, 0.6) is 0 Å². The standard InChI is InChI=1S/C29H31F9N6O2/c1-16(2)24(43-8-6-18(7-9-43)25(45)46)23-5-4-20(27(30,31)32)12-19(23)15-44(26-39-41-42(3)40-26)14-17-10-21(28(33,34)35)13-22(11-17)29(36,37)38/h4-5,10-13,16,18,24H,6-9,14-15H2,1-3H3,(H,45,46)/t24-/m1/s1. The number of aryl methyl sites for hydroxylation is 1. The van der Waals surface area contributed by atoms with Crippen molar-refractivity contribution >= 4 is 11.9 Å². The van der Waals surface area contributed by atoms with Gasteiger partial charge in [0.05, 0.1) is 29.7 Å². The van der Waals surface area contributed by atoms with Crippen molar-refractivity contribution in [3.05, 3.63) is 69.8 Å². The summed E-state index contributed by atoms with van der Waals surface area (Å²) in [7, 11) is 1.37. The normalized spacial score (nSPS) is 16.2. The first kappa shape index (κ1) is 35.0. The van der Waals surface area contributed by atoms with E-state index in [1.165, 1.54) is 13.1 Å². The highest BCUT2D eigenvalue weighted by Gasteiger charge is 2.38. The number of hydrogen-bond donors (Lipinski definition) is 1. The fourth-order valence-electron chi connectivity index (χ4n) is 5.74. The average molecular weight is 667 g/mol. The predicted molar refractivity (Wildman–Crippen MR) is 146 cm³/mol. The van der Waals surface area contributed by atoms with Crippen LogP contribution in [0.25, 0.3) is 0 Å². The summed E-state index contributed by atoms with van der Waals surface area (Å²) in [5.41, 5.74) is -4.01. The molecule has 0 bridgehead atoms. The molecule has 0 saturated carbocycles. The highest BCUT2D eigenvalue weighted by molar-refractivity contribution is 5.70. The van der Waals surface area contributed by atoms with Crippen molar-refractivity contribution in [2.24, 2.45) is 18.9 Å². The number of nitrogens with zero attached hydrogens (tertiary/aromatic N) is 6. The van der Waals surface area contributed by atoms with E-state index in [1.54, 1.807) is 0 Å². The number of carbonyl (C=O) groups is 1. The molecule has 0 unspecified atom stereocenters. The van der Waals surface area contributed by atoms with Crippen LogP contribution in [0, 0.1) is 11.8 Å². The fraction of sp³-hybridized carbons (Fsp3) is 0.517. The van der Waals surface area contributed by atoms with E-state index >= 15 is 0 Å². The van der Waals surface area contributed by atoms with Gasteiger partial charge in [-0.25, -0.2) is 0 Å². The van der Waals surface area contributed by atoms with Gasteiger partial charge in [0.2, 0.25) is 0 Å². The van der Waals surface area contributed by atoms with Crippen LogP contribution in [-0.2, 0) is 43.5 Å². The topological polar surface area (TPSA) is 87.4 Å². The monoisotopic (exact) mass is 666 g/mol. The summed E-state index contributed by atoms with van der Waals surface area (Å²) in [6.07, 6.45) is -14.3. The molecule has 1 aliphatic heterocycles. The minimum Gasteiger partial charge on any atom is -0.481 e. The molecule has 2 heterocycles. The number of hydrogen-bond acceptors (Lipinski definition) is 6. The van der Waals surface area contributed by atoms with Crippen LogP contribution in [-0.4, -0.2) is 49.3 Å². The number of tetrazole rings is 1. The van der Waals surface area contributed by atoms with E-state index in [1.807, 2.05) is 18.7 Å². The number of carboxylic acids is 1. The van der Waals surface area contributed by atoms with Gasteiger partial charge in [-0.05, 0) is 84.1 Å². The maximum atomic E-state index is 13.9. The third-order valence-electron chi connectivity index (χ3n) is 7.86. The highest BCUT2D eigenvalue weighted by atomic mass is 19.4. The Balaban J connectivity index is 1.81. The van der Waals surface area contributed by atoms with Crippen molar-refractivity contribution in [1.82, 2.24) is 25.1 Å². The van der Waals surface area contributed by atoms with Gasteiger partial charge in [0.15, 0.2) is 0 Å². The number of benzene rings is 2. The Labute approximate surface area is 257 Å². The van der Waals surface area contributed by atoms with Crippen LogP contribution in [0.4, 0.5) is 45.5 Å². The summed E-state index contributed by atoms with van der Waals surface area (Å²) in [6.45, 7) is 3.32. The molecule has 17 heteroatoms. The summed E-state index contributed by atoms with van der Waals surface area (Å²) in [6, 6.07) is 3.68. The maximum Gasteiger partial charge on any atom is 0.416 e. The zero-order valence-corrected chi connectivity index (χ0v) is 24.9. The molecule has 252 valence electrons. The average Bonchev–Trinajstić information content (AvgIpc) is 3.38. The number of carboxylic acid groups (broad SMARTS) is 1. The van der Waals surface area contributed by atoms with Crippen LogP contribution in [0.3, 0.4) is 0 Å². The number of halogens is 9. The molecule has 1 atom stereocenters. The molecule has 3 aromatic rings.